The molecule has 1 aliphatic heterocycles. The van der Waals surface area contributed by atoms with Crippen molar-refractivity contribution in [2.75, 3.05) is 26.2 Å². The van der Waals surface area contributed by atoms with E-state index in [1.165, 1.54) is 4.90 Å². The molecule has 1 aromatic heterocycles. The van der Waals surface area contributed by atoms with E-state index in [2.05, 4.69) is 35.4 Å². The maximum atomic E-state index is 14.4. The number of amides is 4. The standard InChI is InChI=1S/C39H47N7O4/c1-4-7-8-21-45-26-32-11-9-10-31(37(32)43-45)25-44-27-35(42-39(50)41-23-30-14-12-28(6-3)13-15-30)46(36(48)24-40-20-5-2)34(38(44)49)22-29-16-18-33(47)19-17-29/h3,5,9-12,14,16-19,26,34-35,40,47H,2,4,7-8,13,15,20-25,27H2,1H3,(H2,41,42,50)/t34-,35+/m0/s1. The summed E-state index contributed by atoms with van der Waals surface area (Å²) < 4.78 is 1.96. The smallest absolute Gasteiger partial charge is 0.316 e. The van der Waals surface area contributed by atoms with Gasteiger partial charge in [0.15, 0.2) is 0 Å². The average Bonchev–Trinajstić information content (AvgIpc) is 3.54. The summed E-state index contributed by atoms with van der Waals surface area (Å²) in [5.41, 5.74) is 4.42. The van der Waals surface area contributed by atoms with Gasteiger partial charge in [0.1, 0.15) is 18.0 Å². The fourth-order valence-electron chi connectivity index (χ4n) is 6.42. The van der Waals surface area contributed by atoms with E-state index in [9.17, 15) is 19.5 Å². The molecule has 2 aromatic carbocycles. The van der Waals surface area contributed by atoms with Gasteiger partial charge in [-0.15, -0.1) is 13.0 Å². The first-order chi connectivity index (χ1) is 24.3. The third kappa shape index (κ3) is 9.21. The van der Waals surface area contributed by atoms with Crippen LogP contribution in [0.25, 0.3) is 10.9 Å². The third-order valence-corrected chi connectivity index (χ3v) is 9.09. The number of urea groups is 1. The zero-order chi connectivity index (χ0) is 35.5. The summed E-state index contributed by atoms with van der Waals surface area (Å²) in [5, 5.41) is 24.8. The van der Waals surface area contributed by atoms with Gasteiger partial charge in [-0.2, -0.15) is 5.10 Å². The molecular formula is C39H47N7O4. The number of unbranched alkanes of at least 4 members (excludes halogenated alkanes) is 2. The van der Waals surface area contributed by atoms with E-state index >= 15 is 0 Å². The lowest BCUT2D eigenvalue weighted by Gasteiger charge is -2.46. The number of hydrogen-bond acceptors (Lipinski definition) is 6. The van der Waals surface area contributed by atoms with E-state index in [0.717, 1.165) is 71.8 Å². The summed E-state index contributed by atoms with van der Waals surface area (Å²) in [7, 11) is 0. The fraction of sp³-hybridized carbons (Fsp3) is 0.385. The summed E-state index contributed by atoms with van der Waals surface area (Å²) in [6.45, 7) is 7.71. The van der Waals surface area contributed by atoms with E-state index in [1.807, 2.05) is 41.2 Å². The van der Waals surface area contributed by atoms with E-state index in [1.54, 1.807) is 35.2 Å². The minimum absolute atomic E-state index is 0.0450. The molecule has 11 heteroatoms. The molecule has 4 N–H and O–H groups in total. The number of phenols is 1. The highest BCUT2D eigenvalue weighted by molar-refractivity contribution is 5.91. The van der Waals surface area contributed by atoms with E-state index in [0.29, 0.717) is 13.1 Å². The zero-order valence-electron chi connectivity index (χ0n) is 28.7. The van der Waals surface area contributed by atoms with Crippen molar-refractivity contribution in [3.63, 3.8) is 0 Å². The van der Waals surface area contributed by atoms with Crippen molar-refractivity contribution in [1.82, 2.24) is 35.5 Å². The molecule has 0 spiro atoms. The molecule has 0 saturated carbocycles. The second kappa shape index (κ2) is 17.4. The van der Waals surface area contributed by atoms with Gasteiger partial charge in [-0.25, -0.2) is 4.79 Å². The van der Waals surface area contributed by atoms with Crippen LogP contribution in [0.3, 0.4) is 0 Å². The van der Waals surface area contributed by atoms with Gasteiger partial charge in [0, 0.05) is 49.8 Å². The molecule has 11 nitrogen and oxygen atoms in total. The maximum absolute atomic E-state index is 14.4. The van der Waals surface area contributed by atoms with Gasteiger partial charge in [0.2, 0.25) is 11.8 Å². The monoisotopic (exact) mass is 677 g/mol. The number of nitrogens with one attached hydrogen (secondary N) is 3. The molecule has 50 heavy (non-hydrogen) atoms. The van der Waals surface area contributed by atoms with Crippen LogP contribution in [-0.4, -0.2) is 80.9 Å². The van der Waals surface area contributed by atoms with Crippen molar-refractivity contribution in [1.29, 1.82) is 0 Å². The van der Waals surface area contributed by atoms with Crippen LogP contribution in [0.1, 0.15) is 50.2 Å². The lowest BCUT2D eigenvalue weighted by Crippen LogP contribution is -2.69. The molecule has 262 valence electrons. The Morgan fingerprint density at radius 2 is 1.96 bits per heavy atom. The number of piperazine rings is 1. The number of carbonyl (C=O) groups excluding carboxylic acids is 3. The lowest BCUT2D eigenvalue weighted by atomic mass is 9.98. The van der Waals surface area contributed by atoms with E-state index in [-0.39, 0.29) is 43.6 Å². The molecule has 2 atom stereocenters. The predicted octanol–water partition coefficient (Wildman–Crippen LogP) is 4.39. The Labute approximate surface area is 294 Å². The molecule has 1 saturated heterocycles. The summed E-state index contributed by atoms with van der Waals surface area (Å²) >= 11 is 0. The van der Waals surface area contributed by atoms with Crippen molar-refractivity contribution in [2.24, 2.45) is 0 Å². The molecule has 5 rings (SSSR count). The van der Waals surface area contributed by atoms with Crippen molar-refractivity contribution < 1.29 is 19.5 Å². The number of nitrogens with zero attached hydrogens (tertiary/aromatic N) is 4. The minimum Gasteiger partial charge on any atom is -0.508 e. The summed E-state index contributed by atoms with van der Waals surface area (Å²) in [6.07, 6.45) is 17.2. The highest BCUT2D eigenvalue weighted by Crippen LogP contribution is 2.26. The van der Waals surface area contributed by atoms with Gasteiger partial charge in [0.25, 0.3) is 0 Å². The molecule has 4 amide bonds. The number of terminal acetylenes is 1. The first kappa shape index (κ1) is 36.0. The topological polar surface area (TPSA) is 132 Å². The zero-order valence-corrected chi connectivity index (χ0v) is 28.7. The Kier molecular flexibility index (Phi) is 12.5. The predicted molar refractivity (Wildman–Crippen MR) is 195 cm³/mol. The Bertz CT molecular complexity index is 1790. The number of aryl methyl sites for hydroxylation is 1. The molecule has 2 aliphatic rings. The van der Waals surface area contributed by atoms with Crippen LogP contribution in [0.4, 0.5) is 4.79 Å². The Hall–Kier alpha value is -5.34. The quantitative estimate of drug-likeness (QED) is 0.107. The second-order valence-corrected chi connectivity index (χ2v) is 12.8. The molecule has 0 unspecified atom stereocenters. The number of rotatable bonds is 15. The SMILES string of the molecule is C#CC1=CC=C(CNC(=O)N[C@H]2CN(Cc3cccc4cn(CCCCC)nc34)C(=O)[C@H](Cc3ccc(O)cc3)N2C(=O)CNCC=C)CC1. The Morgan fingerprint density at radius 3 is 2.68 bits per heavy atom. The molecule has 0 bridgehead atoms. The molecule has 0 radical (unpaired) electrons. The van der Waals surface area contributed by atoms with Crippen molar-refractivity contribution in [2.45, 2.75) is 70.7 Å². The number of aromatic hydroxyl groups is 1. The summed E-state index contributed by atoms with van der Waals surface area (Å²) in [4.78, 5) is 45.0. The molecule has 2 heterocycles. The van der Waals surface area contributed by atoms with Crippen LogP contribution in [0.15, 0.2) is 84.6 Å². The van der Waals surface area contributed by atoms with E-state index < -0.39 is 18.2 Å². The number of phenolic OH excluding ortho intramolecular Hbond substituents is 1. The van der Waals surface area contributed by atoms with Crippen LogP contribution < -0.4 is 16.0 Å². The number of aromatic nitrogens is 2. The second-order valence-electron chi connectivity index (χ2n) is 12.8. The minimum atomic E-state index is -0.921. The van der Waals surface area contributed by atoms with Crippen molar-refractivity contribution in [3.05, 3.63) is 95.7 Å². The van der Waals surface area contributed by atoms with Gasteiger partial charge >= 0.3 is 6.03 Å². The molecule has 1 aliphatic carbocycles. The van der Waals surface area contributed by atoms with Crippen LogP contribution in [0.2, 0.25) is 0 Å². The lowest BCUT2D eigenvalue weighted by molar-refractivity contribution is -0.156. The van der Waals surface area contributed by atoms with Gasteiger partial charge in [0.05, 0.1) is 18.6 Å². The van der Waals surface area contributed by atoms with Gasteiger partial charge in [-0.1, -0.05) is 79.8 Å². The van der Waals surface area contributed by atoms with Crippen molar-refractivity contribution >= 4 is 28.7 Å². The Balaban J connectivity index is 1.43. The van der Waals surface area contributed by atoms with Crippen molar-refractivity contribution in [3.8, 4) is 18.1 Å². The Morgan fingerprint density at radius 1 is 1.14 bits per heavy atom. The summed E-state index contributed by atoms with van der Waals surface area (Å²) in [5.74, 6) is 2.20. The largest absolute Gasteiger partial charge is 0.508 e. The summed E-state index contributed by atoms with van der Waals surface area (Å²) in [6, 6.07) is 11.2. The third-order valence-electron chi connectivity index (χ3n) is 9.09. The van der Waals surface area contributed by atoms with Gasteiger partial charge < -0.3 is 30.9 Å². The maximum Gasteiger partial charge on any atom is 0.316 e. The van der Waals surface area contributed by atoms with E-state index in [4.69, 9.17) is 11.5 Å². The van der Waals surface area contributed by atoms with Crippen LogP contribution in [0.5, 0.6) is 5.75 Å². The average molecular weight is 678 g/mol. The molecular weight excluding hydrogens is 630 g/mol. The number of fused-ring (bicyclic) bond motifs is 1. The fourth-order valence-corrected chi connectivity index (χ4v) is 6.42. The highest BCUT2D eigenvalue weighted by Gasteiger charge is 2.43. The normalized spacial score (nSPS) is 17.6. The van der Waals surface area contributed by atoms with Gasteiger partial charge in [-0.3, -0.25) is 14.3 Å². The van der Waals surface area contributed by atoms with Crippen LogP contribution in [-0.2, 0) is 29.1 Å². The van der Waals surface area contributed by atoms with Gasteiger partial charge in [-0.05, 0) is 42.5 Å². The van der Waals surface area contributed by atoms with Crippen LogP contribution in [0, 0.1) is 12.3 Å². The first-order valence-electron chi connectivity index (χ1n) is 17.3. The number of carbonyl (C=O) groups is 3. The number of benzene rings is 2. The van der Waals surface area contributed by atoms with Crippen LogP contribution >= 0.6 is 0 Å². The number of hydrogen-bond donors (Lipinski definition) is 4. The first-order valence-corrected chi connectivity index (χ1v) is 17.3. The number of allylic oxidation sites excluding steroid dienone is 3. The molecule has 3 aromatic rings. The highest BCUT2D eigenvalue weighted by atomic mass is 16.3. The molecule has 1 fully saturated rings.